The summed E-state index contributed by atoms with van der Waals surface area (Å²) < 4.78 is 5.26. The number of ether oxygens (including phenoxy) is 1. The summed E-state index contributed by atoms with van der Waals surface area (Å²) in [5.74, 6) is 0. The molecule has 0 aliphatic carbocycles. The number of oxime groups is 1. The third-order valence-corrected chi connectivity index (χ3v) is 3.40. The van der Waals surface area contributed by atoms with Gasteiger partial charge in [-0.25, -0.2) is 0 Å². The van der Waals surface area contributed by atoms with Crippen molar-refractivity contribution in [2.24, 2.45) is 5.16 Å². The van der Waals surface area contributed by atoms with Crippen LogP contribution in [0.3, 0.4) is 0 Å². The number of aliphatic hydroxyl groups is 1. The van der Waals surface area contributed by atoms with Crippen LogP contribution in [0.5, 0.6) is 0 Å². The van der Waals surface area contributed by atoms with E-state index in [1.807, 2.05) is 36.4 Å². The molecule has 1 saturated heterocycles. The van der Waals surface area contributed by atoms with Gasteiger partial charge in [0.25, 0.3) is 0 Å². The summed E-state index contributed by atoms with van der Waals surface area (Å²) in [6.07, 6.45) is 2.91. The van der Waals surface area contributed by atoms with Crippen LogP contribution in [-0.2, 0) is 9.57 Å². The second kappa shape index (κ2) is 9.58. The molecule has 5 nitrogen and oxygen atoms in total. The summed E-state index contributed by atoms with van der Waals surface area (Å²) in [4.78, 5) is 7.22. The number of halogens is 1. The fraction of sp³-hybridized carbons (Fsp3) is 0.438. The van der Waals surface area contributed by atoms with Crippen LogP contribution in [0.1, 0.15) is 5.56 Å². The van der Waals surface area contributed by atoms with Gasteiger partial charge in [-0.1, -0.05) is 53.2 Å². The Balaban J connectivity index is 1.68. The van der Waals surface area contributed by atoms with Gasteiger partial charge in [0.15, 0.2) is 5.17 Å². The van der Waals surface area contributed by atoms with E-state index in [0.29, 0.717) is 19.8 Å². The fourth-order valence-corrected chi connectivity index (χ4v) is 2.19. The molecular weight excluding hydrogens is 304 g/mol. The maximum atomic E-state index is 9.88. The number of allylic oxidation sites excluding steroid dienone is 1. The molecule has 1 atom stereocenters. The van der Waals surface area contributed by atoms with Gasteiger partial charge in [-0.05, 0) is 11.6 Å². The summed E-state index contributed by atoms with van der Waals surface area (Å²) in [6.45, 7) is 3.76. The Hall–Kier alpha value is -1.40. The predicted molar refractivity (Wildman–Crippen MR) is 88.0 cm³/mol. The van der Waals surface area contributed by atoms with Crippen LogP contribution in [0.4, 0.5) is 0 Å². The Kier molecular flexibility index (Phi) is 7.39. The molecule has 0 radical (unpaired) electrons. The van der Waals surface area contributed by atoms with E-state index in [2.05, 4.69) is 10.1 Å². The lowest BCUT2D eigenvalue weighted by Crippen LogP contribution is -2.42. The zero-order valence-corrected chi connectivity index (χ0v) is 13.2. The molecule has 1 aromatic carbocycles. The molecule has 2 rings (SSSR count). The molecule has 0 aromatic heterocycles. The topological polar surface area (TPSA) is 54.3 Å². The van der Waals surface area contributed by atoms with E-state index in [9.17, 15) is 5.11 Å². The maximum Gasteiger partial charge on any atom is 0.168 e. The first-order valence-electron chi connectivity index (χ1n) is 7.31. The van der Waals surface area contributed by atoms with Crippen molar-refractivity contribution < 1.29 is 14.7 Å². The first-order chi connectivity index (χ1) is 10.7. The average Bonchev–Trinajstić information content (AvgIpc) is 2.55. The third-order valence-electron chi connectivity index (χ3n) is 3.20. The van der Waals surface area contributed by atoms with Gasteiger partial charge in [-0.2, -0.15) is 0 Å². The predicted octanol–water partition coefficient (Wildman–Crippen LogP) is 1.96. The van der Waals surface area contributed by atoms with E-state index in [1.165, 1.54) is 0 Å². The number of nitrogens with zero attached hydrogens (tertiary/aromatic N) is 2. The minimum absolute atomic E-state index is 0.118. The minimum atomic E-state index is -0.593. The maximum absolute atomic E-state index is 9.88. The molecule has 1 unspecified atom stereocenters. The first-order valence-corrected chi connectivity index (χ1v) is 7.68. The van der Waals surface area contributed by atoms with Crippen molar-refractivity contribution >= 4 is 22.8 Å². The fourth-order valence-electron chi connectivity index (χ4n) is 2.08. The summed E-state index contributed by atoms with van der Waals surface area (Å²) in [6, 6.07) is 9.78. The summed E-state index contributed by atoms with van der Waals surface area (Å²) in [5, 5.41) is 13.9. The number of hydrogen-bond acceptors (Lipinski definition) is 5. The number of β-amino-alcohol motifs (C(OH)–C–C–N with tert-alkyl or cyclic N) is 1. The van der Waals surface area contributed by atoms with Gasteiger partial charge in [0.2, 0.25) is 0 Å². The van der Waals surface area contributed by atoms with E-state index < -0.39 is 6.10 Å². The lowest BCUT2D eigenvalue weighted by molar-refractivity contribution is -0.0129. The first kappa shape index (κ1) is 17.0. The van der Waals surface area contributed by atoms with E-state index in [-0.39, 0.29) is 11.8 Å². The Bertz CT molecular complexity index is 487. The molecule has 22 heavy (non-hydrogen) atoms. The van der Waals surface area contributed by atoms with Crippen LogP contribution in [0.15, 0.2) is 41.6 Å². The molecule has 6 heteroatoms. The SMILES string of the molecule is OC(CO/N=C(Cl)/C=C/c1ccccc1)CN1CCOCC1. The highest BCUT2D eigenvalue weighted by Crippen LogP contribution is 2.03. The molecule has 0 bridgehead atoms. The van der Waals surface area contributed by atoms with E-state index in [1.54, 1.807) is 6.08 Å². The molecule has 1 N–H and O–H groups in total. The summed E-state index contributed by atoms with van der Waals surface area (Å²) >= 11 is 5.94. The zero-order chi connectivity index (χ0) is 15.6. The average molecular weight is 325 g/mol. The largest absolute Gasteiger partial charge is 0.392 e. The number of aliphatic hydroxyl groups excluding tert-OH is 1. The number of rotatable bonds is 7. The monoisotopic (exact) mass is 324 g/mol. The zero-order valence-electron chi connectivity index (χ0n) is 12.4. The Morgan fingerprint density at radius 3 is 2.82 bits per heavy atom. The second-order valence-corrected chi connectivity index (χ2v) is 5.41. The van der Waals surface area contributed by atoms with Crippen molar-refractivity contribution in [2.75, 3.05) is 39.5 Å². The molecule has 1 heterocycles. The van der Waals surface area contributed by atoms with Crippen LogP contribution in [0, 0.1) is 0 Å². The lowest BCUT2D eigenvalue weighted by Gasteiger charge is -2.28. The van der Waals surface area contributed by atoms with Crippen molar-refractivity contribution in [1.29, 1.82) is 0 Å². The Morgan fingerprint density at radius 1 is 1.36 bits per heavy atom. The standard InChI is InChI=1S/C16H21ClN2O3/c17-16(7-6-14-4-2-1-3-5-14)18-22-13-15(20)12-19-8-10-21-11-9-19/h1-7,15,20H,8-13H2/b7-6+,18-16-. The van der Waals surface area contributed by atoms with Crippen molar-refractivity contribution in [3.05, 3.63) is 42.0 Å². The third kappa shape index (κ3) is 6.58. The van der Waals surface area contributed by atoms with Gasteiger partial charge >= 0.3 is 0 Å². The molecule has 1 aliphatic heterocycles. The summed E-state index contributed by atoms with van der Waals surface area (Å²) in [5.41, 5.74) is 1.03. The van der Waals surface area contributed by atoms with Gasteiger partial charge in [0, 0.05) is 19.6 Å². The van der Waals surface area contributed by atoms with Crippen molar-refractivity contribution in [1.82, 2.24) is 4.90 Å². The molecule has 1 aromatic rings. The van der Waals surface area contributed by atoms with E-state index in [4.69, 9.17) is 21.2 Å². The van der Waals surface area contributed by atoms with Crippen LogP contribution < -0.4 is 0 Å². The van der Waals surface area contributed by atoms with Gasteiger partial charge in [-0.3, -0.25) is 4.90 Å². The second-order valence-electron chi connectivity index (χ2n) is 5.02. The normalized spacial score (nSPS) is 18.5. The van der Waals surface area contributed by atoms with Crippen molar-refractivity contribution in [3.8, 4) is 0 Å². The lowest BCUT2D eigenvalue weighted by atomic mass is 10.2. The van der Waals surface area contributed by atoms with Crippen LogP contribution in [0.25, 0.3) is 6.08 Å². The molecule has 0 saturated carbocycles. The quantitative estimate of drug-likeness (QED) is 0.615. The molecular formula is C16H21ClN2O3. The van der Waals surface area contributed by atoms with Crippen LogP contribution >= 0.6 is 11.6 Å². The van der Waals surface area contributed by atoms with Crippen molar-refractivity contribution in [3.63, 3.8) is 0 Å². The molecule has 1 fully saturated rings. The number of morpholine rings is 1. The smallest absolute Gasteiger partial charge is 0.168 e. The molecule has 0 amide bonds. The minimum Gasteiger partial charge on any atom is -0.392 e. The Morgan fingerprint density at radius 2 is 2.09 bits per heavy atom. The van der Waals surface area contributed by atoms with Gasteiger partial charge in [-0.15, -0.1) is 0 Å². The van der Waals surface area contributed by atoms with Gasteiger partial charge < -0.3 is 14.7 Å². The number of benzene rings is 1. The van der Waals surface area contributed by atoms with Crippen LogP contribution in [-0.4, -0.2) is 60.7 Å². The molecule has 0 spiro atoms. The highest BCUT2D eigenvalue weighted by molar-refractivity contribution is 6.68. The van der Waals surface area contributed by atoms with Crippen molar-refractivity contribution in [2.45, 2.75) is 6.10 Å². The summed E-state index contributed by atoms with van der Waals surface area (Å²) in [7, 11) is 0. The number of hydrogen-bond donors (Lipinski definition) is 1. The Labute approximate surface area is 135 Å². The highest BCUT2D eigenvalue weighted by atomic mass is 35.5. The van der Waals surface area contributed by atoms with E-state index in [0.717, 1.165) is 18.7 Å². The van der Waals surface area contributed by atoms with Gasteiger partial charge in [0.05, 0.1) is 13.2 Å². The molecule has 120 valence electrons. The highest BCUT2D eigenvalue weighted by Gasteiger charge is 2.15. The molecule has 1 aliphatic rings. The van der Waals surface area contributed by atoms with E-state index >= 15 is 0 Å². The van der Waals surface area contributed by atoms with Crippen LogP contribution in [0.2, 0.25) is 0 Å². The van der Waals surface area contributed by atoms with Gasteiger partial charge in [0.1, 0.15) is 12.7 Å².